The van der Waals surface area contributed by atoms with E-state index >= 15 is 0 Å². The molecule has 82 valence electrons. The Bertz CT molecular complexity index is 184. The number of nitrogens with zero attached hydrogens (tertiary/aromatic N) is 1. The number of carbonyl (C=O) groups is 1. The highest BCUT2D eigenvalue weighted by atomic mass is 16.2. The van der Waals surface area contributed by atoms with Crippen molar-refractivity contribution in [2.45, 2.75) is 25.7 Å². The van der Waals surface area contributed by atoms with Crippen molar-refractivity contribution in [3.05, 3.63) is 0 Å². The minimum absolute atomic E-state index is 0.263. The quantitative estimate of drug-likeness (QED) is 0.705. The van der Waals surface area contributed by atoms with Gasteiger partial charge in [-0.3, -0.25) is 0 Å². The molecule has 3 N–H and O–H groups in total. The molecular weight excluding hydrogens is 178 g/mol. The standard InChI is InChI=1S/C10H21N3O/c1-12-6-5-9-4-2-3-7-13(8-9)10(11)14/h9,12H,2-8H2,1H3,(H2,11,14). The van der Waals surface area contributed by atoms with E-state index in [-0.39, 0.29) is 6.03 Å². The maximum atomic E-state index is 11.1. The first-order valence-electron chi connectivity index (χ1n) is 5.43. The average Bonchev–Trinajstić information content (AvgIpc) is 2.39. The van der Waals surface area contributed by atoms with Gasteiger partial charge in [-0.25, -0.2) is 4.79 Å². The van der Waals surface area contributed by atoms with Crippen LogP contribution in [0.2, 0.25) is 0 Å². The van der Waals surface area contributed by atoms with E-state index in [0.29, 0.717) is 5.92 Å². The van der Waals surface area contributed by atoms with Crippen LogP contribution in [0.5, 0.6) is 0 Å². The monoisotopic (exact) mass is 199 g/mol. The summed E-state index contributed by atoms with van der Waals surface area (Å²) in [4.78, 5) is 12.8. The number of urea groups is 1. The van der Waals surface area contributed by atoms with E-state index in [1.165, 1.54) is 12.8 Å². The molecule has 0 saturated carbocycles. The molecule has 4 heteroatoms. The lowest BCUT2D eigenvalue weighted by molar-refractivity contribution is 0.200. The number of rotatable bonds is 3. The van der Waals surface area contributed by atoms with E-state index in [2.05, 4.69) is 5.32 Å². The minimum atomic E-state index is -0.263. The molecular formula is C10H21N3O. The Balaban J connectivity index is 2.38. The summed E-state index contributed by atoms with van der Waals surface area (Å²) >= 11 is 0. The van der Waals surface area contributed by atoms with Crippen LogP contribution in [0.4, 0.5) is 4.79 Å². The fourth-order valence-electron chi connectivity index (χ4n) is 2.01. The summed E-state index contributed by atoms with van der Waals surface area (Å²) in [6.07, 6.45) is 4.68. The van der Waals surface area contributed by atoms with E-state index < -0.39 is 0 Å². The first-order chi connectivity index (χ1) is 6.74. The zero-order chi connectivity index (χ0) is 10.4. The molecule has 0 spiro atoms. The molecule has 0 aromatic carbocycles. The fourth-order valence-corrected chi connectivity index (χ4v) is 2.01. The van der Waals surface area contributed by atoms with Gasteiger partial charge in [-0.15, -0.1) is 0 Å². The molecule has 1 unspecified atom stereocenters. The average molecular weight is 199 g/mol. The molecule has 1 atom stereocenters. The zero-order valence-electron chi connectivity index (χ0n) is 8.96. The van der Waals surface area contributed by atoms with Gasteiger partial charge in [-0.05, 0) is 38.8 Å². The van der Waals surface area contributed by atoms with Crippen molar-refractivity contribution in [2.75, 3.05) is 26.7 Å². The summed E-state index contributed by atoms with van der Waals surface area (Å²) in [5.74, 6) is 0.623. The Morgan fingerprint density at radius 2 is 2.36 bits per heavy atom. The van der Waals surface area contributed by atoms with Crippen LogP contribution < -0.4 is 11.1 Å². The predicted octanol–water partition coefficient (Wildman–Crippen LogP) is 0.777. The molecule has 1 rings (SSSR count). The van der Waals surface area contributed by atoms with Crippen LogP contribution in [0.15, 0.2) is 0 Å². The van der Waals surface area contributed by atoms with E-state index in [1.54, 1.807) is 4.90 Å². The molecule has 2 amide bonds. The minimum Gasteiger partial charge on any atom is -0.351 e. The molecule has 0 bridgehead atoms. The molecule has 0 aliphatic carbocycles. The highest BCUT2D eigenvalue weighted by Crippen LogP contribution is 2.18. The van der Waals surface area contributed by atoms with Crippen LogP contribution in [0, 0.1) is 5.92 Å². The van der Waals surface area contributed by atoms with Crippen LogP contribution >= 0.6 is 0 Å². The van der Waals surface area contributed by atoms with E-state index in [1.807, 2.05) is 7.05 Å². The summed E-state index contributed by atoms with van der Waals surface area (Å²) in [5, 5.41) is 3.14. The highest BCUT2D eigenvalue weighted by molar-refractivity contribution is 5.71. The summed E-state index contributed by atoms with van der Waals surface area (Å²) in [5.41, 5.74) is 5.30. The second-order valence-electron chi connectivity index (χ2n) is 4.04. The number of primary amides is 1. The molecule has 1 heterocycles. The van der Waals surface area contributed by atoms with E-state index in [9.17, 15) is 4.79 Å². The smallest absolute Gasteiger partial charge is 0.314 e. The number of nitrogens with two attached hydrogens (primary N) is 1. The molecule has 14 heavy (non-hydrogen) atoms. The van der Waals surface area contributed by atoms with Crippen LogP contribution in [0.25, 0.3) is 0 Å². The van der Waals surface area contributed by atoms with Crippen LogP contribution in [0.1, 0.15) is 25.7 Å². The number of amides is 2. The van der Waals surface area contributed by atoms with Crippen molar-refractivity contribution < 1.29 is 4.79 Å². The van der Waals surface area contributed by atoms with Gasteiger partial charge >= 0.3 is 6.03 Å². The van der Waals surface area contributed by atoms with Gasteiger partial charge in [0, 0.05) is 13.1 Å². The fraction of sp³-hybridized carbons (Fsp3) is 0.900. The predicted molar refractivity (Wildman–Crippen MR) is 57.0 cm³/mol. The number of hydrogen-bond donors (Lipinski definition) is 2. The topological polar surface area (TPSA) is 58.4 Å². The third-order valence-electron chi connectivity index (χ3n) is 2.88. The van der Waals surface area contributed by atoms with Crippen molar-refractivity contribution in [1.82, 2.24) is 10.2 Å². The van der Waals surface area contributed by atoms with Gasteiger partial charge in [0.2, 0.25) is 0 Å². The van der Waals surface area contributed by atoms with Gasteiger partial charge in [0.05, 0.1) is 0 Å². The first kappa shape index (κ1) is 11.3. The van der Waals surface area contributed by atoms with Crippen LogP contribution in [-0.2, 0) is 0 Å². The van der Waals surface area contributed by atoms with Gasteiger partial charge in [-0.2, -0.15) is 0 Å². The van der Waals surface area contributed by atoms with Crippen molar-refractivity contribution in [3.63, 3.8) is 0 Å². The number of hydrogen-bond acceptors (Lipinski definition) is 2. The van der Waals surface area contributed by atoms with Gasteiger partial charge < -0.3 is 16.0 Å². The van der Waals surface area contributed by atoms with Gasteiger partial charge in [0.1, 0.15) is 0 Å². The van der Waals surface area contributed by atoms with Crippen LogP contribution in [-0.4, -0.2) is 37.6 Å². The SMILES string of the molecule is CNCCC1CCCCN(C(N)=O)C1. The first-order valence-corrected chi connectivity index (χ1v) is 5.43. The van der Waals surface area contributed by atoms with Crippen molar-refractivity contribution in [1.29, 1.82) is 0 Å². The zero-order valence-corrected chi connectivity index (χ0v) is 8.96. The Labute approximate surface area is 85.8 Å². The molecule has 1 saturated heterocycles. The molecule has 0 aromatic heterocycles. The maximum absolute atomic E-state index is 11.1. The Morgan fingerprint density at radius 3 is 3.00 bits per heavy atom. The van der Waals surface area contributed by atoms with Crippen molar-refractivity contribution >= 4 is 6.03 Å². The summed E-state index contributed by atoms with van der Waals surface area (Å²) in [6.45, 7) is 2.71. The third kappa shape index (κ3) is 3.54. The van der Waals surface area contributed by atoms with E-state index in [0.717, 1.165) is 32.5 Å². The Hall–Kier alpha value is -0.770. The van der Waals surface area contributed by atoms with Crippen molar-refractivity contribution in [3.8, 4) is 0 Å². The molecule has 0 aromatic rings. The normalized spacial score (nSPS) is 23.2. The third-order valence-corrected chi connectivity index (χ3v) is 2.88. The second kappa shape index (κ2) is 5.86. The number of likely N-dealkylation sites (tertiary alicyclic amines) is 1. The lowest BCUT2D eigenvalue weighted by Crippen LogP contribution is -2.38. The number of carbonyl (C=O) groups excluding carboxylic acids is 1. The lowest BCUT2D eigenvalue weighted by Gasteiger charge is -2.22. The summed E-state index contributed by atoms with van der Waals surface area (Å²) < 4.78 is 0. The lowest BCUT2D eigenvalue weighted by atomic mass is 10.00. The van der Waals surface area contributed by atoms with Crippen molar-refractivity contribution in [2.24, 2.45) is 11.7 Å². The van der Waals surface area contributed by atoms with Crippen LogP contribution in [0.3, 0.4) is 0 Å². The highest BCUT2D eigenvalue weighted by Gasteiger charge is 2.19. The molecule has 1 fully saturated rings. The van der Waals surface area contributed by atoms with Gasteiger partial charge in [0.15, 0.2) is 0 Å². The largest absolute Gasteiger partial charge is 0.351 e. The summed E-state index contributed by atoms with van der Waals surface area (Å²) in [6, 6.07) is -0.263. The molecule has 1 aliphatic rings. The maximum Gasteiger partial charge on any atom is 0.314 e. The molecule has 1 aliphatic heterocycles. The Morgan fingerprint density at radius 1 is 1.57 bits per heavy atom. The van der Waals surface area contributed by atoms with Gasteiger partial charge in [0.25, 0.3) is 0 Å². The number of nitrogens with one attached hydrogen (secondary N) is 1. The molecule has 4 nitrogen and oxygen atoms in total. The second-order valence-corrected chi connectivity index (χ2v) is 4.04. The van der Waals surface area contributed by atoms with E-state index in [4.69, 9.17) is 5.73 Å². The Kier molecular flexibility index (Phi) is 4.73. The van der Waals surface area contributed by atoms with Gasteiger partial charge in [-0.1, -0.05) is 6.42 Å². The summed E-state index contributed by atoms with van der Waals surface area (Å²) in [7, 11) is 1.96. The molecule has 0 radical (unpaired) electrons.